The van der Waals surface area contributed by atoms with Crippen LogP contribution in [0.4, 0.5) is 0 Å². The molecule has 0 fully saturated rings. The van der Waals surface area contributed by atoms with Crippen molar-refractivity contribution in [3.05, 3.63) is 59.1 Å². The Kier molecular flexibility index (Phi) is 5.32. The molecular weight excluding hydrogens is 296 g/mol. The average molecular weight is 309 g/mol. The lowest BCUT2D eigenvalue weighted by molar-refractivity contribution is 0.0697. The van der Waals surface area contributed by atoms with E-state index in [0.717, 1.165) is 15.7 Å². The molecule has 2 rings (SSSR count). The molecule has 0 unspecified atom stereocenters. The predicted octanol–water partition coefficient (Wildman–Crippen LogP) is 4.21. The standard InChI is InChI=1S/C15H13ClO3S/c16-13-3-1-2-4-14(13)20-10-9-19-12-7-5-11(6-8-12)15(17)18/h1-8H,9-10H2,(H,17,18). The normalized spacial score (nSPS) is 10.2. The number of carbonyl (C=O) groups is 1. The first-order valence-electron chi connectivity index (χ1n) is 6.00. The first-order chi connectivity index (χ1) is 9.66. The minimum atomic E-state index is -0.939. The number of carboxylic acids is 1. The number of carboxylic acid groups (broad SMARTS) is 1. The molecule has 0 heterocycles. The van der Waals surface area contributed by atoms with Crippen molar-refractivity contribution in [3.8, 4) is 5.75 Å². The fourth-order valence-corrected chi connectivity index (χ4v) is 2.63. The van der Waals surface area contributed by atoms with Crippen LogP contribution in [0.2, 0.25) is 5.02 Å². The monoisotopic (exact) mass is 308 g/mol. The zero-order valence-electron chi connectivity index (χ0n) is 10.6. The molecule has 20 heavy (non-hydrogen) atoms. The van der Waals surface area contributed by atoms with Crippen LogP contribution in [-0.2, 0) is 0 Å². The summed E-state index contributed by atoms with van der Waals surface area (Å²) in [5, 5.41) is 9.52. The number of hydrogen-bond donors (Lipinski definition) is 1. The Morgan fingerprint density at radius 2 is 1.85 bits per heavy atom. The molecule has 104 valence electrons. The van der Waals surface area contributed by atoms with E-state index in [4.69, 9.17) is 21.4 Å². The van der Waals surface area contributed by atoms with Crippen molar-refractivity contribution in [3.63, 3.8) is 0 Å². The summed E-state index contributed by atoms with van der Waals surface area (Å²) in [7, 11) is 0. The zero-order chi connectivity index (χ0) is 14.4. The molecule has 0 radical (unpaired) electrons. The van der Waals surface area contributed by atoms with Crippen molar-refractivity contribution in [2.45, 2.75) is 4.90 Å². The van der Waals surface area contributed by atoms with Gasteiger partial charge in [-0.3, -0.25) is 0 Å². The quantitative estimate of drug-likeness (QED) is 0.641. The summed E-state index contributed by atoms with van der Waals surface area (Å²) in [6.07, 6.45) is 0. The van der Waals surface area contributed by atoms with E-state index in [1.165, 1.54) is 12.1 Å². The Morgan fingerprint density at radius 1 is 1.15 bits per heavy atom. The Balaban J connectivity index is 1.79. The summed E-state index contributed by atoms with van der Waals surface area (Å²) in [6.45, 7) is 0.530. The Labute approximate surface area is 126 Å². The smallest absolute Gasteiger partial charge is 0.335 e. The predicted molar refractivity (Wildman–Crippen MR) is 81.1 cm³/mol. The largest absolute Gasteiger partial charge is 0.493 e. The van der Waals surface area contributed by atoms with Crippen molar-refractivity contribution in [2.24, 2.45) is 0 Å². The third-order valence-electron chi connectivity index (χ3n) is 2.55. The minimum Gasteiger partial charge on any atom is -0.493 e. The molecule has 0 aliphatic heterocycles. The molecular formula is C15H13ClO3S. The van der Waals surface area contributed by atoms with Gasteiger partial charge in [-0.05, 0) is 36.4 Å². The molecule has 0 atom stereocenters. The van der Waals surface area contributed by atoms with Gasteiger partial charge in [-0.2, -0.15) is 0 Å². The van der Waals surface area contributed by atoms with Gasteiger partial charge in [0.2, 0.25) is 0 Å². The van der Waals surface area contributed by atoms with Crippen molar-refractivity contribution in [2.75, 3.05) is 12.4 Å². The second-order valence-corrected chi connectivity index (χ2v) is 5.50. The number of hydrogen-bond acceptors (Lipinski definition) is 3. The molecule has 0 amide bonds. The summed E-state index contributed by atoms with van der Waals surface area (Å²) >= 11 is 7.67. The molecule has 0 aliphatic carbocycles. The molecule has 1 N–H and O–H groups in total. The molecule has 0 saturated carbocycles. The van der Waals surface area contributed by atoms with E-state index < -0.39 is 5.97 Å². The molecule has 2 aromatic carbocycles. The van der Waals surface area contributed by atoms with Crippen LogP contribution in [0.1, 0.15) is 10.4 Å². The summed E-state index contributed by atoms with van der Waals surface area (Å²) < 4.78 is 5.55. The highest BCUT2D eigenvalue weighted by molar-refractivity contribution is 7.99. The van der Waals surface area contributed by atoms with Gasteiger partial charge in [-0.1, -0.05) is 23.7 Å². The third kappa shape index (κ3) is 4.18. The highest BCUT2D eigenvalue weighted by atomic mass is 35.5. The number of thioether (sulfide) groups is 1. The van der Waals surface area contributed by atoms with Gasteiger partial charge in [0.05, 0.1) is 17.2 Å². The van der Waals surface area contributed by atoms with Gasteiger partial charge in [0.1, 0.15) is 5.75 Å². The number of benzene rings is 2. The van der Waals surface area contributed by atoms with Crippen molar-refractivity contribution in [1.29, 1.82) is 0 Å². The molecule has 0 spiro atoms. The van der Waals surface area contributed by atoms with Gasteiger partial charge < -0.3 is 9.84 Å². The second-order valence-electron chi connectivity index (χ2n) is 3.96. The molecule has 0 bridgehead atoms. The molecule has 2 aromatic rings. The van der Waals surface area contributed by atoms with Gasteiger partial charge in [-0.25, -0.2) is 4.79 Å². The van der Waals surface area contributed by atoms with E-state index in [0.29, 0.717) is 12.4 Å². The lowest BCUT2D eigenvalue weighted by Crippen LogP contribution is -2.01. The molecule has 3 nitrogen and oxygen atoms in total. The first-order valence-corrected chi connectivity index (χ1v) is 7.36. The van der Waals surface area contributed by atoms with Crippen molar-refractivity contribution in [1.82, 2.24) is 0 Å². The first kappa shape index (κ1) is 14.8. The number of rotatable bonds is 6. The van der Waals surface area contributed by atoms with E-state index in [9.17, 15) is 4.79 Å². The Hall–Kier alpha value is -1.65. The topological polar surface area (TPSA) is 46.5 Å². The minimum absolute atomic E-state index is 0.253. The lowest BCUT2D eigenvalue weighted by Gasteiger charge is -2.07. The summed E-state index contributed by atoms with van der Waals surface area (Å²) in [4.78, 5) is 11.7. The average Bonchev–Trinajstić information content (AvgIpc) is 2.46. The van der Waals surface area contributed by atoms with E-state index >= 15 is 0 Å². The maximum Gasteiger partial charge on any atom is 0.335 e. The van der Waals surface area contributed by atoms with Crippen molar-refractivity contribution >= 4 is 29.3 Å². The van der Waals surface area contributed by atoms with Gasteiger partial charge in [-0.15, -0.1) is 11.8 Å². The van der Waals surface area contributed by atoms with E-state index in [2.05, 4.69) is 0 Å². The highest BCUT2D eigenvalue weighted by Crippen LogP contribution is 2.26. The Bertz CT molecular complexity index is 584. The van der Waals surface area contributed by atoms with Crippen LogP contribution in [0.3, 0.4) is 0 Å². The van der Waals surface area contributed by atoms with Gasteiger partial charge in [0, 0.05) is 10.6 Å². The van der Waals surface area contributed by atoms with E-state index in [-0.39, 0.29) is 5.56 Å². The van der Waals surface area contributed by atoms with Crippen LogP contribution in [0.25, 0.3) is 0 Å². The van der Waals surface area contributed by atoms with Crippen LogP contribution >= 0.6 is 23.4 Å². The van der Waals surface area contributed by atoms with Gasteiger partial charge >= 0.3 is 5.97 Å². The summed E-state index contributed by atoms with van der Waals surface area (Å²) in [6, 6.07) is 14.0. The zero-order valence-corrected chi connectivity index (χ0v) is 12.2. The fourth-order valence-electron chi connectivity index (χ4n) is 1.57. The van der Waals surface area contributed by atoms with Crippen molar-refractivity contribution < 1.29 is 14.6 Å². The summed E-state index contributed by atoms with van der Waals surface area (Å²) in [5.74, 6) is 0.491. The molecule has 5 heteroatoms. The van der Waals surface area contributed by atoms with Crippen LogP contribution in [0, 0.1) is 0 Å². The van der Waals surface area contributed by atoms with E-state index in [1.807, 2.05) is 24.3 Å². The molecule has 0 aromatic heterocycles. The lowest BCUT2D eigenvalue weighted by atomic mass is 10.2. The van der Waals surface area contributed by atoms with E-state index in [1.54, 1.807) is 23.9 Å². The maximum atomic E-state index is 10.7. The molecule has 0 saturated heterocycles. The maximum absolute atomic E-state index is 10.7. The second kappa shape index (κ2) is 7.22. The Morgan fingerprint density at radius 3 is 2.50 bits per heavy atom. The number of halogens is 1. The van der Waals surface area contributed by atoms with Crippen LogP contribution in [-0.4, -0.2) is 23.4 Å². The van der Waals surface area contributed by atoms with Crippen LogP contribution in [0.5, 0.6) is 5.75 Å². The molecule has 0 aliphatic rings. The number of aromatic carboxylic acids is 1. The SMILES string of the molecule is O=C(O)c1ccc(OCCSc2ccccc2Cl)cc1. The van der Waals surface area contributed by atoms with Crippen LogP contribution in [0.15, 0.2) is 53.4 Å². The van der Waals surface area contributed by atoms with Crippen LogP contribution < -0.4 is 4.74 Å². The highest BCUT2D eigenvalue weighted by Gasteiger charge is 2.03. The third-order valence-corrected chi connectivity index (χ3v) is 4.03. The summed E-state index contributed by atoms with van der Waals surface area (Å²) in [5.41, 5.74) is 0.253. The van der Waals surface area contributed by atoms with Gasteiger partial charge in [0.15, 0.2) is 0 Å². The fraction of sp³-hybridized carbons (Fsp3) is 0.133. The van der Waals surface area contributed by atoms with Gasteiger partial charge in [0.25, 0.3) is 0 Å². The number of ether oxygens (including phenoxy) is 1.